The van der Waals surface area contributed by atoms with Crippen molar-refractivity contribution in [3.05, 3.63) is 29.8 Å². The van der Waals surface area contributed by atoms with Gasteiger partial charge in [-0.3, -0.25) is 4.79 Å². The number of anilines is 1. The first-order chi connectivity index (χ1) is 8.15. The largest absolute Gasteiger partial charge is 0.378 e. The molecule has 102 valence electrons. The van der Waals surface area contributed by atoms with Gasteiger partial charge in [0, 0.05) is 38.4 Å². The Labute approximate surface area is 115 Å². The first kappa shape index (κ1) is 16.7. The highest BCUT2D eigenvalue weighted by Crippen LogP contribution is 2.12. The monoisotopic (exact) mass is 271 g/mol. The van der Waals surface area contributed by atoms with Crippen LogP contribution in [-0.4, -0.2) is 39.6 Å². The Morgan fingerprint density at radius 3 is 2.61 bits per heavy atom. The molecule has 0 saturated heterocycles. The summed E-state index contributed by atoms with van der Waals surface area (Å²) in [4.78, 5) is 13.8. The van der Waals surface area contributed by atoms with Gasteiger partial charge in [-0.15, -0.1) is 12.4 Å². The highest BCUT2D eigenvalue weighted by molar-refractivity contribution is 5.95. The molecule has 0 bridgehead atoms. The molecule has 1 rings (SSSR count). The fourth-order valence-corrected chi connectivity index (χ4v) is 1.47. The van der Waals surface area contributed by atoms with Gasteiger partial charge >= 0.3 is 0 Å². The average Bonchev–Trinajstić information content (AvgIpc) is 2.34. The third-order valence-electron chi connectivity index (χ3n) is 2.46. The van der Waals surface area contributed by atoms with E-state index in [1.54, 1.807) is 0 Å². The lowest BCUT2D eigenvalue weighted by Gasteiger charge is -2.13. The Kier molecular flexibility index (Phi) is 8.16. The van der Waals surface area contributed by atoms with Gasteiger partial charge in [0.25, 0.3) is 5.91 Å². The molecular weight excluding hydrogens is 250 g/mol. The van der Waals surface area contributed by atoms with E-state index in [1.165, 1.54) is 0 Å². The summed E-state index contributed by atoms with van der Waals surface area (Å²) in [6, 6.07) is 7.60. The summed E-state index contributed by atoms with van der Waals surface area (Å²) in [5, 5.41) is 6.04. The van der Waals surface area contributed by atoms with Gasteiger partial charge in [0.15, 0.2) is 0 Å². The highest BCUT2D eigenvalue weighted by Gasteiger charge is 2.05. The summed E-state index contributed by atoms with van der Waals surface area (Å²) >= 11 is 0. The van der Waals surface area contributed by atoms with Crippen LogP contribution in [0.4, 0.5) is 5.69 Å². The van der Waals surface area contributed by atoms with Crippen LogP contribution in [0.25, 0.3) is 0 Å². The highest BCUT2D eigenvalue weighted by atomic mass is 35.5. The zero-order valence-electron chi connectivity index (χ0n) is 11.2. The zero-order valence-corrected chi connectivity index (χ0v) is 12.0. The predicted molar refractivity (Wildman–Crippen MR) is 78.9 cm³/mol. The van der Waals surface area contributed by atoms with E-state index in [4.69, 9.17) is 0 Å². The molecule has 2 N–H and O–H groups in total. The van der Waals surface area contributed by atoms with Gasteiger partial charge in [0.2, 0.25) is 0 Å². The van der Waals surface area contributed by atoms with Crippen LogP contribution in [0.2, 0.25) is 0 Å². The van der Waals surface area contributed by atoms with Gasteiger partial charge in [0.05, 0.1) is 0 Å². The number of benzene rings is 1. The minimum atomic E-state index is -0.0217. The van der Waals surface area contributed by atoms with E-state index in [0.717, 1.165) is 18.8 Å². The summed E-state index contributed by atoms with van der Waals surface area (Å²) in [7, 11) is 3.92. The van der Waals surface area contributed by atoms with E-state index in [0.29, 0.717) is 12.1 Å². The number of amides is 1. The average molecular weight is 272 g/mol. The van der Waals surface area contributed by atoms with Crippen LogP contribution in [0.15, 0.2) is 24.3 Å². The lowest BCUT2D eigenvalue weighted by atomic mass is 10.2. The number of carbonyl (C=O) groups excluding carboxylic acids is 1. The fourth-order valence-electron chi connectivity index (χ4n) is 1.47. The maximum absolute atomic E-state index is 11.8. The van der Waals surface area contributed by atoms with Crippen molar-refractivity contribution < 1.29 is 4.79 Å². The number of nitrogens with zero attached hydrogens (tertiary/aromatic N) is 1. The molecule has 0 spiro atoms. The van der Waals surface area contributed by atoms with Crippen molar-refractivity contribution in [1.29, 1.82) is 0 Å². The number of carbonyl (C=O) groups is 1. The molecule has 4 nitrogen and oxygen atoms in total. The Morgan fingerprint density at radius 1 is 1.28 bits per heavy atom. The summed E-state index contributed by atoms with van der Waals surface area (Å²) in [6.07, 6.45) is 0. The van der Waals surface area contributed by atoms with Crippen LogP contribution in [0, 0.1) is 0 Å². The predicted octanol–water partition coefficient (Wildman–Crippen LogP) is 1.51. The van der Waals surface area contributed by atoms with Crippen LogP contribution in [-0.2, 0) is 0 Å². The van der Waals surface area contributed by atoms with Gasteiger partial charge in [-0.25, -0.2) is 0 Å². The second-order valence-electron chi connectivity index (χ2n) is 4.05. The SMILES string of the molecule is CCNCCNC(=O)c1cccc(N(C)C)c1.Cl. The maximum Gasteiger partial charge on any atom is 0.251 e. The van der Waals surface area contributed by atoms with Crippen molar-refractivity contribution in [3.63, 3.8) is 0 Å². The number of hydrogen-bond acceptors (Lipinski definition) is 3. The van der Waals surface area contributed by atoms with Crippen molar-refractivity contribution in [1.82, 2.24) is 10.6 Å². The van der Waals surface area contributed by atoms with E-state index in [2.05, 4.69) is 10.6 Å². The van der Waals surface area contributed by atoms with Gasteiger partial charge in [0.1, 0.15) is 0 Å². The van der Waals surface area contributed by atoms with Gasteiger partial charge in [-0.1, -0.05) is 13.0 Å². The van der Waals surface area contributed by atoms with Crippen LogP contribution in [0.1, 0.15) is 17.3 Å². The number of likely N-dealkylation sites (N-methyl/N-ethyl adjacent to an activating group) is 1. The summed E-state index contributed by atoms with van der Waals surface area (Å²) < 4.78 is 0. The van der Waals surface area contributed by atoms with Crippen LogP contribution in [0.3, 0.4) is 0 Å². The zero-order chi connectivity index (χ0) is 12.7. The van der Waals surface area contributed by atoms with Crippen LogP contribution >= 0.6 is 12.4 Å². The van der Waals surface area contributed by atoms with Crippen molar-refractivity contribution in [2.24, 2.45) is 0 Å². The number of rotatable bonds is 6. The smallest absolute Gasteiger partial charge is 0.251 e. The quantitative estimate of drug-likeness (QED) is 0.771. The molecule has 0 aliphatic rings. The van der Waals surface area contributed by atoms with Crippen LogP contribution < -0.4 is 15.5 Å². The lowest BCUT2D eigenvalue weighted by Crippen LogP contribution is -2.31. The molecule has 0 aliphatic heterocycles. The van der Waals surface area contributed by atoms with Gasteiger partial charge in [-0.2, -0.15) is 0 Å². The molecule has 0 aromatic heterocycles. The topological polar surface area (TPSA) is 44.4 Å². The Hall–Kier alpha value is -1.26. The minimum Gasteiger partial charge on any atom is -0.378 e. The first-order valence-electron chi connectivity index (χ1n) is 5.91. The normalized spacial score (nSPS) is 9.50. The van der Waals surface area contributed by atoms with E-state index in [9.17, 15) is 4.79 Å². The number of nitrogens with one attached hydrogen (secondary N) is 2. The fraction of sp³-hybridized carbons (Fsp3) is 0.462. The molecule has 1 amide bonds. The maximum atomic E-state index is 11.8. The molecule has 5 heteroatoms. The van der Waals surface area contributed by atoms with Crippen molar-refractivity contribution in [2.45, 2.75) is 6.92 Å². The lowest BCUT2D eigenvalue weighted by molar-refractivity contribution is 0.0954. The molecule has 0 atom stereocenters. The summed E-state index contributed by atoms with van der Waals surface area (Å²) in [6.45, 7) is 4.42. The molecule has 0 saturated carbocycles. The Bertz CT molecular complexity index is 369. The number of hydrogen-bond donors (Lipinski definition) is 2. The van der Waals surface area contributed by atoms with E-state index < -0.39 is 0 Å². The third kappa shape index (κ3) is 5.38. The van der Waals surface area contributed by atoms with Gasteiger partial charge in [-0.05, 0) is 24.7 Å². The van der Waals surface area contributed by atoms with E-state index in [-0.39, 0.29) is 18.3 Å². The molecular formula is C13H22ClN3O. The first-order valence-corrected chi connectivity index (χ1v) is 5.91. The summed E-state index contributed by atoms with van der Waals surface area (Å²) in [5.74, 6) is -0.0217. The molecule has 1 aromatic rings. The molecule has 0 unspecified atom stereocenters. The Morgan fingerprint density at radius 2 is 2.00 bits per heavy atom. The third-order valence-corrected chi connectivity index (χ3v) is 2.46. The van der Waals surface area contributed by atoms with E-state index in [1.807, 2.05) is 50.2 Å². The molecule has 18 heavy (non-hydrogen) atoms. The van der Waals surface area contributed by atoms with E-state index >= 15 is 0 Å². The molecule has 0 radical (unpaired) electrons. The van der Waals surface area contributed by atoms with Gasteiger partial charge < -0.3 is 15.5 Å². The molecule has 0 aliphatic carbocycles. The minimum absolute atomic E-state index is 0. The van der Waals surface area contributed by atoms with Crippen molar-refractivity contribution in [2.75, 3.05) is 38.6 Å². The second kappa shape index (κ2) is 8.78. The molecule has 0 heterocycles. The summed E-state index contributed by atoms with van der Waals surface area (Å²) in [5.41, 5.74) is 1.73. The van der Waals surface area contributed by atoms with Crippen LogP contribution in [0.5, 0.6) is 0 Å². The molecule has 0 fully saturated rings. The standard InChI is InChI=1S/C13H21N3O.ClH/c1-4-14-8-9-15-13(17)11-6-5-7-12(10-11)16(2)3;/h5-7,10,14H,4,8-9H2,1-3H3,(H,15,17);1H. The van der Waals surface area contributed by atoms with Crippen molar-refractivity contribution >= 4 is 24.0 Å². The molecule has 1 aromatic carbocycles. The number of halogens is 1. The van der Waals surface area contributed by atoms with Crippen molar-refractivity contribution in [3.8, 4) is 0 Å². The Balaban J connectivity index is 0.00000289. The second-order valence-corrected chi connectivity index (χ2v) is 4.05.